The zero-order chi connectivity index (χ0) is 11.4. The molecule has 0 saturated heterocycles. The summed E-state index contributed by atoms with van der Waals surface area (Å²) in [6, 6.07) is 0. The first kappa shape index (κ1) is 13.4. The van der Waals surface area contributed by atoms with E-state index in [0.29, 0.717) is 15.8 Å². The SMILES string of the molecule is BrC1CCCC(Br)C1OCC1CCCCC1. The first-order valence-electron chi connectivity index (χ1n) is 6.67. The summed E-state index contributed by atoms with van der Waals surface area (Å²) < 4.78 is 6.15. The van der Waals surface area contributed by atoms with E-state index in [9.17, 15) is 0 Å². The average molecular weight is 354 g/mol. The van der Waals surface area contributed by atoms with E-state index in [4.69, 9.17) is 4.74 Å². The number of ether oxygens (including phenoxy) is 1. The Bertz CT molecular complexity index is 194. The van der Waals surface area contributed by atoms with Crippen LogP contribution < -0.4 is 0 Å². The van der Waals surface area contributed by atoms with Crippen LogP contribution in [-0.2, 0) is 4.74 Å². The van der Waals surface area contributed by atoms with Crippen LogP contribution in [0.25, 0.3) is 0 Å². The van der Waals surface area contributed by atoms with Gasteiger partial charge in [-0.3, -0.25) is 0 Å². The summed E-state index contributed by atoms with van der Waals surface area (Å²) >= 11 is 7.53. The lowest BCUT2D eigenvalue weighted by atomic mass is 9.90. The number of hydrogen-bond acceptors (Lipinski definition) is 1. The molecule has 0 aliphatic heterocycles. The van der Waals surface area contributed by atoms with Crippen LogP contribution in [-0.4, -0.2) is 22.4 Å². The minimum atomic E-state index is 0.385. The number of hydrogen-bond donors (Lipinski definition) is 0. The van der Waals surface area contributed by atoms with Crippen molar-refractivity contribution in [2.45, 2.75) is 67.1 Å². The second kappa shape index (κ2) is 6.75. The molecule has 0 radical (unpaired) electrons. The largest absolute Gasteiger partial charge is 0.376 e. The van der Waals surface area contributed by atoms with Gasteiger partial charge < -0.3 is 4.74 Å². The van der Waals surface area contributed by atoms with Gasteiger partial charge in [0.05, 0.1) is 6.10 Å². The topological polar surface area (TPSA) is 9.23 Å². The Morgan fingerprint density at radius 3 is 2.06 bits per heavy atom. The summed E-state index contributed by atoms with van der Waals surface area (Å²) in [5, 5.41) is 0. The van der Waals surface area contributed by atoms with Crippen molar-refractivity contribution in [3.8, 4) is 0 Å². The van der Waals surface area contributed by atoms with E-state index >= 15 is 0 Å². The van der Waals surface area contributed by atoms with Gasteiger partial charge in [-0.25, -0.2) is 0 Å². The molecule has 2 atom stereocenters. The van der Waals surface area contributed by atoms with E-state index in [2.05, 4.69) is 31.9 Å². The fraction of sp³-hybridized carbons (Fsp3) is 1.00. The van der Waals surface area contributed by atoms with Gasteiger partial charge in [0.1, 0.15) is 0 Å². The zero-order valence-electron chi connectivity index (χ0n) is 9.84. The average Bonchev–Trinajstić information content (AvgIpc) is 2.30. The lowest BCUT2D eigenvalue weighted by Gasteiger charge is -2.33. The van der Waals surface area contributed by atoms with Crippen molar-refractivity contribution in [2.75, 3.05) is 6.61 Å². The van der Waals surface area contributed by atoms with E-state index in [0.717, 1.165) is 12.5 Å². The fourth-order valence-corrected chi connectivity index (χ4v) is 4.97. The zero-order valence-corrected chi connectivity index (χ0v) is 13.0. The van der Waals surface area contributed by atoms with Crippen LogP contribution in [0.4, 0.5) is 0 Å². The van der Waals surface area contributed by atoms with Gasteiger partial charge in [-0.2, -0.15) is 0 Å². The Kier molecular flexibility index (Phi) is 5.63. The Morgan fingerprint density at radius 2 is 1.44 bits per heavy atom. The van der Waals surface area contributed by atoms with Gasteiger partial charge in [-0.05, 0) is 31.6 Å². The molecule has 2 aliphatic carbocycles. The molecule has 0 aromatic rings. The summed E-state index contributed by atoms with van der Waals surface area (Å²) in [4.78, 5) is 1.10. The van der Waals surface area contributed by atoms with Crippen molar-refractivity contribution in [2.24, 2.45) is 5.92 Å². The normalized spacial score (nSPS) is 37.5. The third-order valence-corrected chi connectivity index (χ3v) is 5.88. The molecule has 0 N–H and O–H groups in total. The third kappa shape index (κ3) is 3.71. The molecule has 16 heavy (non-hydrogen) atoms. The molecule has 2 fully saturated rings. The predicted octanol–water partition coefficient (Wildman–Crippen LogP) is 4.66. The highest BCUT2D eigenvalue weighted by atomic mass is 79.9. The maximum absolute atomic E-state index is 6.15. The van der Waals surface area contributed by atoms with Gasteiger partial charge in [0.2, 0.25) is 0 Å². The predicted molar refractivity (Wildman–Crippen MR) is 75.6 cm³/mol. The van der Waals surface area contributed by atoms with Gasteiger partial charge in [-0.15, -0.1) is 0 Å². The molecule has 0 bridgehead atoms. The summed E-state index contributed by atoms with van der Waals surface area (Å²) in [5.41, 5.74) is 0. The third-order valence-electron chi connectivity index (χ3n) is 3.92. The molecule has 0 aromatic carbocycles. The summed E-state index contributed by atoms with van der Waals surface area (Å²) in [6.07, 6.45) is 11.2. The van der Waals surface area contributed by atoms with Crippen LogP contribution in [0.2, 0.25) is 0 Å². The quantitative estimate of drug-likeness (QED) is 0.670. The molecule has 0 aromatic heterocycles. The van der Waals surface area contributed by atoms with E-state index in [1.807, 2.05) is 0 Å². The van der Waals surface area contributed by atoms with Crippen LogP contribution >= 0.6 is 31.9 Å². The van der Waals surface area contributed by atoms with Gasteiger partial charge in [0.25, 0.3) is 0 Å². The highest BCUT2D eigenvalue weighted by Crippen LogP contribution is 2.33. The van der Waals surface area contributed by atoms with Crippen LogP contribution in [0.1, 0.15) is 51.4 Å². The van der Waals surface area contributed by atoms with E-state index in [1.165, 1.54) is 51.4 Å². The fourth-order valence-electron chi connectivity index (χ4n) is 2.87. The Morgan fingerprint density at radius 1 is 0.812 bits per heavy atom. The molecule has 2 saturated carbocycles. The van der Waals surface area contributed by atoms with Crippen LogP contribution in [0, 0.1) is 5.92 Å². The highest BCUT2D eigenvalue weighted by molar-refractivity contribution is 9.10. The molecular formula is C13H22Br2O. The Balaban J connectivity index is 1.74. The maximum Gasteiger partial charge on any atom is 0.0824 e. The summed E-state index contributed by atoms with van der Waals surface area (Å²) in [5.74, 6) is 0.829. The lowest BCUT2D eigenvalue weighted by molar-refractivity contribution is 0.0111. The highest BCUT2D eigenvalue weighted by Gasteiger charge is 2.31. The monoisotopic (exact) mass is 352 g/mol. The molecule has 3 heteroatoms. The van der Waals surface area contributed by atoms with E-state index < -0.39 is 0 Å². The second-order valence-electron chi connectivity index (χ2n) is 5.26. The maximum atomic E-state index is 6.15. The smallest absolute Gasteiger partial charge is 0.0824 e. The van der Waals surface area contributed by atoms with Crippen molar-refractivity contribution < 1.29 is 4.74 Å². The molecule has 0 spiro atoms. The van der Waals surface area contributed by atoms with Crippen LogP contribution in [0.5, 0.6) is 0 Å². The Hall–Kier alpha value is 0.920. The lowest BCUT2D eigenvalue weighted by Crippen LogP contribution is -2.38. The molecule has 0 amide bonds. The molecular weight excluding hydrogens is 332 g/mol. The number of alkyl halides is 2. The van der Waals surface area contributed by atoms with E-state index in [1.54, 1.807) is 0 Å². The second-order valence-corrected chi connectivity index (χ2v) is 7.62. The van der Waals surface area contributed by atoms with Gasteiger partial charge in [0, 0.05) is 16.3 Å². The number of halogens is 2. The first-order valence-corrected chi connectivity index (χ1v) is 8.50. The number of rotatable bonds is 3. The van der Waals surface area contributed by atoms with Crippen molar-refractivity contribution >= 4 is 31.9 Å². The minimum absolute atomic E-state index is 0.385. The molecule has 2 rings (SSSR count). The van der Waals surface area contributed by atoms with Crippen LogP contribution in [0.15, 0.2) is 0 Å². The molecule has 0 heterocycles. The van der Waals surface area contributed by atoms with Gasteiger partial charge >= 0.3 is 0 Å². The van der Waals surface area contributed by atoms with Crippen LogP contribution in [0.3, 0.4) is 0 Å². The summed E-state index contributed by atoms with van der Waals surface area (Å²) in [7, 11) is 0. The molecule has 2 unspecified atom stereocenters. The first-order chi connectivity index (χ1) is 7.77. The molecule has 1 nitrogen and oxygen atoms in total. The van der Waals surface area contributed by atoms with Gasteiger partial charge in [0.15, 0.2) is 0 Å². The Labute approximate surface area is 116 Å². The van der Waals surface area contributed by atoms with Crippen molar-refractivity contribution in [3.05, 3.63) is 0 Å². The minimum Gasteiger partial charge on any atom is -0.376 e. The van der Waals surface area contributed by atoms with Crippen molar-refractivity contribution in [3.63, 3.8) is 0 Å². The standard InChI is InChI=1S/C13H22Br2O/c14-11-7-4-8-12(15)13(11)16-9-10-5-2-1-3-6-10/h10-13H,1-9H2. The van der Waals surface area contributed by atoms with Gasteiger partial charge in [-0.1, -0.05) is 57.5 Å². The summed E-state index contributed by atoms with van der Waals surface area (Å²) in [6.45, 7) is 0.981. The van der Waals surface area contributed by atoms with Crippen molar-refractivity contribution in [1.29, 1.82) is 0 Å². The van der Waals surface area contributed by atoms with Crippen molar-refractivity contribution in [1.82, 2.24) is 0 Å². The molecule has 2 aliphatic rings. The molecule has 94 valence electrons. The van der Waals surface area contributed by atoms with E-state index in [-0.39, 0.29) is 0 Å².